The predicted octanol–water partition coefficient (Wildman–Crippen LogP) is 3.72. The van der Waals surface area contributed by atoms with E-state index in [9.17, 15) is 0 Å². The summed E-state index contributed by atoms with van der Waals surface area (Å²) in [7, 11) is 3.15. The Morgan fingerprint density at radius 2 is 1.72 bits per heavy atom. The van der Waals surface area contributed by atoms with Crippen LogP contribution in [0.25, 0.3) is 22.8 Å². The normalized spacial score (nSPS) is 13.3. The molecule has 0 spiro atoms. The van der Waals surface area contributed by atoms with Crippen LogP contribution in [-0.2, 0) is 19.4 Å². The minimum absolute atomic E-state index is 0.416. The van der Waals surface area contributed by atoms with Crippen molar-refractivity contribution < 1.29 is 9.47 Å². The Hall–Kier alpha value is -4.70. The zero-order valence-electron chi connectivity index (χ0n) is 22.0. The molecule has 3 aromatic carbocycles. The second-order valence-corrected chi connectivity index (χ2v) is 9.56. The number of hydrogen-bond donors (Lipinski definition) is 1. The Balaban J connectivity index is 1.10. The molecule has 1 aliphatic heterocycles. The Morgan fingerprint density at radius 1 is 0.923 bits per heavy atom. The van der Waals surface area contributed by atoms with E-state index in [-0.39, 0.29) is 0 Å². The maximum Gasteiger partial charge on any atom is 0.207 e. The third-order valence-corrected chi connectivity index (χ3v) is 7.18. The van der Waals surface area contributed by atoms with Crippen LogP contribution in [0.1, 0.15) is 16.7 Å². The number of imidazole rings is 1. The molecule has 0 saturated heterocycles. The van der Waals surface area contributed by atoms with Crippen molar-refractivity contribution in [2.24, 2.45) is 0 Å². The number of hydrogen-bond acceptors (Lipinski definition) is 8. The van der Waals surface area contributed by atoms with Crippen molar-refractivity contribution in [3.8, 4) is 34.3 Å². The zero-order chi connectivity index (χ0) is 26.8. The van der Waals surface area contributed by atoms with Crippen molar-refractivity contribution in [1.29, 1.82) is 0 Å². The van der Waals surface area contributed by atoms with Gasteiger partial charge < -0.3 is 19.8 Å². The van der Waals surface area contributed by atoms with E-state index in [1.807, 2.05) is 30.9 Å². The van der Waals surface area contributed by atoms with Gasteiger partial charge >= 0.3 is 0 Å². The summed E-state index contributed by atoms with van der Waals surface area (Å²) in [6.07, 6.45) is 7.67. The molecule has 39 heavy (non-hydrogen) atoms. The average molecular weight is 523 g/mol. The molecule has 0 saturated carbocycles. The van der Waals surface area contributed by atoms with Gasteiger partial charge in [0.1, 0.15) is 0 Å². The number of ether oxygens (including phenoxy) is 2. The number of fused-ring (bicyclic) bond motifs is 1. The van der Waals surface area contributed by atoms with Crippen LogP contribution in [-0.4, -0.2) is 62.0 Å². The van der Waals surface area contributed by atoms with Crippen LogP contribution in [0.15, 0.2) is 73.3 Å². The van der Waals surface area contributed by atoms with E-state index >= 15 is 0 Å². The summed E-state index contributed by atoms with van der Waals surface area (Å²) in [5, 5.41) is 13.0. The van der Waals surface area contributed by atoms with Crippen molar-refractivity contribution in [3.63, 3.8) is 0 Å². The molecule has 0 bridgehead atoms. The van der Waals surface area contributed by atoms with E-state index in [1.165, 1.54) is 21.5 Å². The molecule has 10 heteroatoms. The van der Waals surface area contributed by atoms with Gasteiger partial charge in [0, 0.05) is 55.0 Å². The highest BCUT2D eigenvalue weighted by atomic mass is 16.5. The first-order valence-electron chi connectivity index (χ1n) is 12.8. The van der Waals surface area contributed by atoms with Gasteiger partial charge in [-0.3, -0.25) is 4.90 Å². The van der Waals surface area contributed by atoms with Gasteiger partial charge in [-0.05, 0) is 65.1 Å². The standard InChI is InChI=1S/C29H30N8O2/c1-38-27-16-25(26(30)17-28(27)39-2)29-32-34-37(33-29)23-6-3-20(4-7-23)9-12-35-13-10-21-5-8-24(15-22(21)18-35)36-14-11-31-19-36/h3-8,11,14-17,19H,9-10,12-13,18,30H2,1-2H3. The minimum Gasteiger partial charge on any atom is -0.493 e. The van der Waals surface area contributed by atoms with Gasteiger partial charge in [0.25, 0.3) is 0 Å². The number of nitrogens with zero attached hydrogens (tertiary/aromatic N) is 7. The third kappa shape index (κ3) is 5.06. The van der Waals surface area contributed by atoms with Crippen molar-refractivity contribution in [3.05, 3.63) is 90.0 Å². The van der Waals surface area contributed by atoms with Crippen LogP contribution < -0.4 is 15.2 Å². The second kappa shape index (κ2) is 10.6. The lowest BCUT2D eigenvalue weighted by molar-refractivity contribution is 0.257. The molecule has 5 aromatic rings. The number of rotatable bonds is 8. The van der Waals surface area contributed by atoms with E-state index in [2.05, 4.69) is 60.2 Å². The maximum absolute atomic E-state index is 6.21. The van der Waals surface area contributed by atoms with Crippen LogP contribution in [0, 0.1) is 0 Å². The van der Waals surface area contributed by atoms with Crippen LogP contribution in [0.4, 0.5) is 5.69 Å². The number of nitrogens with two attached hydrogens (primary N) is 1. The first-order valence-corrected chi connectivity index (χ1v) is 12.8. The van der Waals surface area contributed by atoms with E-state index in [4.69, 9.17) is 15.2 Å². The molecule has 6 rings (SSSR count). The highest BCUT2D eigenvalue weighted by Crippen LogP contribution is 2.35. The fourth-order valence-electron chi connectivity index (χ4n) is 4.97. The van der Waals surface area contributed by atoms with E-state index in [1.54, 1.807) is 26.4 Å². The molecule has 0 atom stereocenters. The van der Waals surface area contributed by atoms with Crippen LogP contribution in [0.2, 0.25) is 0 Å². The van der Waals surface area contributed by atoms with E-state index < -0.39 is 0 Å². The largest absolute Gasteiger partial charge is 0.493 e. The van der Waals surface area contributed by atoms with Crippen molar-refractivity contribution in [2.45, 2.75) is 19.4 Å². The zero-order valence-corrected chi connectivity index (χ0v) is 22.0. The first-order chi connectivity index (χ1) is 19.1. The van der Waals surface area contributed by atoms with E-state index in [0.29, 0.717) is 28.6 Å². The summed E-state index contributed by atoms with van der Waals surface area (Å²) in [5.74, 6) is 1.52. The maximum atomic E-state index is 6.21. The summed E-state index contributed by atoms with van der Waals surface area (Å²) >= 11 is 0. The molecular weight excluding hydrogens is 492 g/mol. The number of anilines is 1. The predicted molar refractivity (Wildman–Crippen MR) is 148 cm³/mol. The lowest BCUT2D eigenvalue weighted by Crippen LogP contribution is -2.32. The number of aromatic nitrogens is 6. The Morgan fingerprint density at radius 3 is 2.49 bits per heavy atom. The van der Waals surface area contributed by atoms with Gasteiger partial charge in [-0.15, -0.1) is 15.0 Å². The van der Waals surface area contributed by atoms with Gasteiger partial charge in [0.15, 0.2) is 11.5 Å². The van der Waals surface area contributed by atoms with Gasteiger partial charge in [-0.1, -0.05) is 18.2 Å². The molecule has 0 unspecified atom stereocenters. The quantitative estimate of drug-likeness (QED) is 0.307. The van der Waals surface area contributed by atoms with Crippen molar-refractivity contribution in [1.82, 2.24) is 34.7 Å². The van der Waals surface area contributed by atoms with Crippen molar-refractivity contribution >= 4 is 5.69 Å². The third-order valence-electron chi connectivity index (χ3n) is 7.18. The summed E-state index contributed by atoms with van der Waals surface area (Å²) in [5.41, 5.74) is 13.4. The van der Waals surface area contributed by atoms with Gasteiger partial charge in [-0.2, -0.15) is 0 Å². The van der Waals surface area contributed by atoms with Crippen molar-refractivity contribution in [2.75, 3.05) is 33.0 Å². The summed E-state index contributed by atoms with van der Waals surface area (Å²) in [4.78, 5) is 8.20. The van der Waals surface area contributed by atoms with Gasteiger partial charge in [-0.25, -0.2) is 4.98 Å². The lowest BCUT2D eigenvalue weighted by Gasteiger charge is -2.29. The topological polar surface area (TPSA) is 109 Å². The number of tetrazole rings is 1. The summed E-state index contributed by atoms with van der Waals surface area (Å²) in [6.45, 7) is 3.03. The lowest BCUT2D eigenvalue weighted by atomic mass is 9.98. The molecule has 1 aliphatic rings. The molecule has 10 nitrogen and oxygen atoms in total. The number of methoxy groups -OCH3 is 2. The Kier molecular flexibility index (Phi) is 6.68. The Labute approximate surface area is 226 Å². The molecule has 2 N–H and O–H groups in total. The molecule has 0 radical (unpaired) electrons. The molecule has 3 heterocycles. The summed E-state index contributed by atoms with van der Waals surface area (Å²) in [6, 6.07) is 18.4. The number of benzene rings is 3. The summed E-state index contributed by atoms with van der Waals surface area (Å²) < 4.78 is 12.8. The second-order valence-electron chi connectivity index (χ2n) is 9.56. The minimum atomic E-state index is 0.416. The smallest absolute Gasteiger partial charge is 0.207 e. The molecule has 0 amide bonds. The van der Waals surface area contributed by atoms with Crippen LogP contribution >= 0.6 is 0 Å². The van der Waals surface area contributed by atoms with E-state index in [0.717, 1.165) is 43.9 Å². The number of nitrogen functional groups attached to an aromatic ring is 1. The molecular formula is C29H30N8O2. The fraction of sp³-hybridized carbons (Fsp3) is 0.241. The molecule has 0 aliphatic carbocycles. The molecule has 198 valence electrons. The van der Waals surface area contributed by atoms with Crippen LogP contribution in [0.5, 0.6) is 11.5 Å². The average Bonchev–Trinajstić information content (AvgIpc) is 3.69. The Bertz CT molecular complexity index is 1580. The fourth-order valence-corrected chi connectivity index (χ4v) is 4.97. The highest BCUT2D eigenvalue weighted by Gasteiger charge is 2.18. The highest BCUT2D eigenvalue weighted by molar-refractivity contribution is 5.75. The van der Waals surface area contributed by atoms with Gasteiger partial charge in [0.05, 0.1) is 26.2 Å². The van der Waals surface area contributed by atoms with Gasteiger partial charge in [0.2, 0.25) is 5.82 Å². The first kappa shape index (κ1) is 24.6. The monoisotopic (exact) mass is 522 g/mol. The molecule has 2 aromatic heterocycles. The molecule has 0 fully saturated rings. The van der Waals surface area contributed by atoms with Crippen LogP contribution in [0.3, 0.4) is 0 Å². The SMILES string of the molecule is COc1cc(N)c(-c2nnn(-c3ccc(CCN4CCc5ccc(-n6ccnc6)cc5C4)cc3)n2)cc1OC.